The molecule has 0 aliphatic rings. The fraction of sp³-hybridized carbons (Fsp3) is 0.0588. The van der Waals surface area contributed by atoms with Crippen LogP contribution in [0, 0.1) is 0 Å². The van der Waals surface area contributed by atoms with Crippen molar-refractivity contribution < 1.29 is 14.6 Å². The second-order valence-corrected chi connectivity index (χ2v) is 5.25. The van der Waals surface area contributed by atoms with Crippen molar-refractivity contribution in [2.75, 3.05) is 7.11 Å². The number of hydrogen-bond donors (Lipinski definition) is 1. The molecular formula is C17H15NO3S. The molecule has 1 N–H and O–H groups in total. The summed E-state index contributed by atoms with van der Waals surface area (Å²) in [5.74, 6) is -1.04. The summed E-state index contributed by atoms with van der Waals surface area (Å²) in [6, 6.07) is 7.22. The average molecular weight is 313 g/mol. The molecule has 0 bridgehead atoms. The highest BCUT2D eigenvalue weighted by atomic mass is 32.1. The zero-order valence-electron chi connectivity index (χ0n) is 12.0. The smallest absolute Gasteiger partial charge is 0.339 e. The van der Waals surface area contributed by atoms with Gasteiger partial charge in [-0.15, -0.1) is 11.3 Å². The average Bonchev–Trinajstić information content (AvgIpc) is 3.05. The van der Waals surface area contributed by atoms with Gasteiger partial charge < -0.3 is 9.84 Å². The maximum absolute atomic E-state index is 11.4. The van der Waals surface area contributed by atoms with Gasteiger partial charge in [-0.05, 0) is 11.1 Å². The van der Waals surface area contributed by atoms with Gasteiger partial charge in [0.05, 0.1) is 13.4 Å². The topological polar surface area (TPSA) is 59.4 Å². The predicted octanol–water partition coefficient (Wildman–Crippen LogP) is 3.94. The summed E-state index contributed by atoms with van der Waals surface area (Å²) in [5, 5.41) is 12.0. The minimum Gasteiger partial charge on any atom is -0.503 e. The first-order chi connectivity index (χ1) is 10.6. The van der Waals surface area contributed by atoms with E-state index in [0.717, 1.165) is 16.1 Å². The molecule has 112 valence electrons. The van der Waals surface area contributed by atoms with E-state index < -0.39 is 5.97 Å². The number of carboxylic acids is 1. The zero-order chi connectivity index (χ0) is 15.9. The quantitative estimate of drug-likeness (QED) is 0.498. The van der Waals surface area contributed by atoms with Gasteiger partial charge in [0.15, 0.2) is 0 Å². The molecule has 1 aromatic carbocycles. The monoisotopic (exact) mass is 313 g/mol. The van der Waals surface area contributed by atoms with Crippen molar-refractivity contribution >= 4 is 34.5 Å². The molecule has 2 rings (SSSR count). The van der Waals surface area contributed by atoms with Gasteiger partial charge in [0.25, 0.3) is 0 Å². The van der Waals surface area contributed by atoms with E-state index in [4.69, 9.17) is 4.74 Å². The number of allylic oxidation sites excluding steroid dienone is 2. The molecule has 22 heavy (non-hydrogen) atoms. The number of hydrogen-bond acceptors (Lipinski definition) is 4. The molecule has 0 atom stereocenters. The number of thiazole rings is 1. The van der Waals surface area contributed by atoms with Crippen molar-refractivity contribution in [2.45, 2.75) is 0 Å². The Balaban J connectivity index is 2.34. The van der Waals surface area contributed by atoms with Crippen molar-refractivity contribution in [3.63, 3.8) is 0 Å². The SMILES string of the molecule is C=C(/C=C/c1ccccc1/C(=C\OC)C(=O)O)c1nccs1. The van der Waals surface area contributed by atoms with E-state index in [-0.39, 0.29) is 5.57 Å². The number of rotatable bonds is 6. The van der Waals surface area contributed by atoms with Gasteiger partial charge in [-0.3, -0.25) is 0 Å². The largest absolute Gasteiger partial charge is 0.503 e. The Labute approximate surface area is 132 Å². The highest BCUT2D eigenvalue weighted by molar-refractivity contribution is 7.10. The second kappa shape index (κ2) is 7.38. The minimum atomic E-state index is -1.04. The number of nitrogens with zero attached hydrogens (tertiary/aromatic N) is 1. The van der Waals surface area contributed by atoms with Gasteiger partial charge in [-0.1, -0.05) is 43.0 Å². The molecule has 0 aliphatic heterocycles. The van der Waals surface area contributed by atoms with Crippen LogP contribution >= 0.6 is 11.3 Å². The Kier molecular flexibility index (Phi) is 5.27. The Morgan fingerprint density at radius 3 is 2.82 bits per heavy atom. The number of aliphatic carboxylic acids is 1. The Bertz CT molecular complexity index is 730. The fourth-order valence-corrected chi connectivity index (χ4v) is 2.47. The zero-order valence-corrected chi connectivity index (χ0v) is 12.8. The van der Waals surface area contributed by atoms with Gasteiger partial charge >= 0.3 is 5.97 Å². The first kappa shape index (κ1) is 15.7. The maximum Gasteiger partial charge on any atom is 0.339 e. The first-order valence-corrected chi connectivity index (χ1v) is 7.34. The Morgan fingerprint density at radius 2 is 2.18 bits per heavy atom. The number of ether oxygens (including phenoxy) is 1. The molecule has 1 aromatic heterocycles. The summed E-state index contributed by atoms with van der Waals surface area (Å²) >= 11 is 1.50. The second-order valence-electron chi connectivity index (χ2n) is 4.36. The lowest BCUT2D eigenvalue weighted by Crippen LogP contribution is -2.02. The molecule has 5 heteroatoms. The molecule has 0 aliphatic carbocycles. The Morgan fingerprint density at radius 1 is 1.41 bits per heavy atom. The van der Waals surface area contributed by atoms with E-state index in [2.05, 4.69) is 11.6 Å². The molecule has 0 spiro atoms. The molecule has 0 saturated carbocycles. The third-order valence-electron chi connectivity index (χ3n) is 2.89. The first-order valence-electron chi connectivity index (χ1n) is 6.46. The summed E-state index contributed by atoms with van der Waals surface area (Å²) in [7, 11) is 1.42. The van der Waals surface area contributed by atoms with Crippen molar-refractivity contribution in [1.29, 1.82) is 0 Å². The highest BCUT2D eigenvalue weighted by Crippen LogP contribution is 2.23. The minimum absolute atomic E-state index is 0.0996. The third-order valence-corrected chi connectivity index (χ3v) is 3.74. The fourth-order valence-electron chi connectivity index (χ4n) is 1.88. The molecule has 0 saturated heterocycles. The van der Waals surface area contributed by atoms with Crippen LogP contribution in [0.3, 0.4) is 0 Å². The van der Waals surface area contributed by atoms with Crippen molar-refractivity contribution in [1.82, 2.24) is 4.98 Å². The van der Waals surface area contributed by atoms with Crippen LogP contribution < -0.4 is 0 Å². The van der Waals surface area contributed by atoms with Crippen LogP contribution in [0.1, 0.15) is 16.1 Å². The molecule has 0 radical (unpaired) electrons. The number of benzene rings is 1. The Hall–Kier alpha value is -2.66. The lowest BCUT2D eigenvalue weighted by molar-refractivity contribution is -0.130. The molecule has 1 heterocycles. The van der Waals surface area contributed by atoms with Gasteiger partial charge in [0, 0.05) is 17.2 Å². The van der Waals surface area contributed by atoms with Crippen molar-refractivity contribution in [3.8, 4) is 0 Å². The van der Waals surface area contributed by atoms with Crippen LogP contribution in [0.15, 0.2) is 54.8 Å². The number of aromatic nitrogens is 1. The van der Waals surface area contributed by atoms with Gasteiger partial charge in [-0.25, -0.2) is 9.78 Å². The predicted molar refractivity (Wildman–Crippen MR) is 89.2 cm³/mol. The number of methoxy groups -OCH3 is 1. The molecule has 0 amide bonds. The molecule has 4 nitrogen and oxygen atoms in total. The standard InChI is InChI=1S/C17H15NO3S/c1-12(16-18-9-10-22-16)7-8-13-5-3-4-6-14(13)15(11-21-2)17(19)20/h3-11H,1H2,2H3,(H,19,20)/b8-7+,15-11+. The summed E-state index contributed by atoms with van der Waals surface area (Å²) in [6.07, 6.45) is 6.59. The van der Waals surface area contributed by atoms with Gasteiger partial charge in [0.1, 0.15) is 10.6 Å². The van der Waals surface area contributed by atoms with E-state index in [1.807, 2.05) is 29.7 Å². The molecule has 0 unspecified atom stereocenters. The molecule has 2 aromatic rings. The number of carbonyl (C=O) groups is 1. The summed E-state index contributed by atoms with van der Waals surface area (Å²) in [4.78, 5) is 15.6. The highest BCUT2D eigenvalue weighted by Gasteiger charge is 2.13. The normalized spacial score (nSPS) is 11.6. The lowest BCUT2D eigenvalue weighted by Gasteiger charge is -2.07. The van der Waals surface area contributed by atoms with Gasteiger partial charge in [-0.2, -0.15) is 0 Å². The van der Waals surface area contributed by atoms with E-state index >= 15 is 0 Å². The van der Waals surface area contributed by atoms with E-state index in [1.54, 1.807) is 18.3 Å². The van der Waals surface area contributed by atoms with Gasteiger partial charge in [0.2, 0.25) is 0 Å². The number of carboxylic acid groups (broad SMARTS) is 1. The molecular weight excluding hydrogens is 298 g/mol. The summed E-state index contributed by atoms with van der Waals surface area (Å²) in [5.41, 5.74) is 2.23. The van der Waals surface area contributed by atoms with Crippen LogP contribution in [0.4, 0.5) is 0 Å². The summed E-state index contributed by atoms with van der Waals surface area (Å²) < 4.78 is 4.87. The van der Waals surface area contributed by atoms with Crippen LogP contribution in [0.2, 0.25) is 0 Å². The van der Waals surface area contributed by atoms with E-state index in [9.17, 15) is 9.90 Å². The van der Waals surface area contributed by atoms with E-state index in [0.29, 0.717) is 5.56 Å². The van der Waals surface area contributed by atoms with Crippen LogP contribution in [-0.2, 0) is 9.53 Å². The summed E-state index contributed by atoms with van der Waals surface area (Å²) in [6.45, 7) is 3.96. The van der Waals surface area contributed by atoms with Crippen LogP contribution in [-0.4, -0.2) is 23.2 Å². The third kappa shape index (κ3) is 3.71. The lowest BCUT2D eigenvalue weighted by atomic mass is 10.00. The molecule has 0 fully saturated rings. The van der Waals surface area contributed by atoms with Crippen molar-refractivity contribution in [3.05, 3.63) is 70.9 Å². The van der Waals surface area contributed by atoms with E-state index in [1.165, 1.54) is 24.7 Å². The van der Waals surface area contributed by atoms with Crippen LogP contribution in [0.5, 0.6) is 0 Å². The van der Waals surface area contributed by atoms with Crippen molar-refractivity contribution in [2.24, 2.45) is 0 Å². The van der Waals surface area contributed by atoms with Crippen LogP contribution in [0.25, 0.3) is 17.2 Å². The maximum atomic E-state index is 11.4.